The Labute approximate surface area is 739 Å². The number of halogens is 3. The van der Waals surface area contributed by atoms with Gasteiger partial charge in [0.2, 0.25) is 0 Å². The van der Waals surface area contributed by atoms with E-state index in [2.05, 4.69) is 115 Å². The number of nitrogens with zero attached hydrogens (tertiary/aromatic N) is 4. The zero-order chi connectivity index (χ0) is 94.2. The van der Waals surface area contributed by atoms with Gasteiger partial charge >= 0.3 is 48.7 Å². The van der Waals surface area contributed by atoms with E-state index in [1.807, 2.05) is 72.8 Å². The Balaban J connectivity index is 0.000000407. The van der Waals surface area contributed by atoms with Gasteiger partial charge in [-0.3, -0.25) is 14.5 Å². The van der Waals surface area contributed by atoms with E-state index in [1.165, 1.54) is 101 Å². The van der Waals surface area contributed by atoms with Crippen LogP contribution in [0.15, 0.2) is 146 Å². The lowest BCUT2D eigenvalue weighted by Crippen LogP contribution is -2.48. The summed E-state index contributed by atoms with van der Waals surface area (Å²) in [6.45, 7) is 29.3. The van der Waals surface area contributed by atoms with E-state index in [0.29, 0.717) is 62.7 Å². The Morgan fingerprint density at radius 3 is 0.968 bits per heavy atom. The summed E-state index contributed by atoms with van der Waals surface area (Å²) in [4.78, 5) is 109. The lowest BCUT2D eigenvalue weighted by molar-refractivity contribution is -0.186. The highest BCUT2D eigenvalue weighted by atomic mass is 19.4. The Morgan fingerprint density at radius 1 is 0.381 bits per heavy atom. The number of carbonyl (C=O) groups excluding carboxylic acids is 9. The molecule has 1 aliphatic heterocycles. The van der Waals surface area contributed by atoms with Gasteiger partial charge in [-0.15, -0.1) is 0 Å². The number of urea groups is 2. The number of rotatable bonds is 39. The predicted molar refractivity (Wildman–Crippen MR) is 467 cm³/mol. The molecule has 1 aliphatic rings. The molecule has 0 spiro atoms. The molecule has 126 heavy (non-hydrogen) atoms. The highest BCUT2D eigenvalue weighted by Gasteiger charge is 2.51. The first-order valence-corrected chi connectivity index (χ1v) is 41.8. The van der Waals surface area contributed by atoms with Crippen LogP contribution in [0, 0.1) is 0 Å². The minimum atomic E-state index is -4.33. The van der Waals surface area contributed by atoms with E-state index in [4.69, 9.17) is 52.1 Å². The average molecular weight is 1780 g/mol. The van der Waals surface area contributed by atoms with E-state index in [1.54, 1.807) is 58.9 Å². The van der Waals surface area contributed by atoms with Crippen molar-refractivity contribution in [3.05, 3.63) is 185 Å². The van der Waals surface area contributed by atoms with Gasteiger partial charge in [-0.2, -0.15) is 18.1 Å². The summed E-state index contributed by atoms with van der Waals surface area (Å²) >= 11 is 0. The lowest BCUT2D eigenvalue weighted by atomic mass is 9.79. The van der Waals surface area contributed by atoms with Gasteiger partial charge in [0.1, 0.15) is 42.1 Å². The number of alkyl carbamates (subject to hydrolysis) is 1. The Hall–Kier alpha value is -11.5. The van der Waals surface area contributed by atoms with E-state index in [-0.39, 0.29) is 83.2 Å². The molecule has 10 atom stereocenters. The van der Waals surface area contributed by atoms with Gasteiger partial charge < -0.3 is 87.0 Å². The monoisotopic (exact) mass is 1770 g/mol. The molecule has 0 fully saturated rings. The number of benzene rings is 6. The summed E-state index contributed by atoms with van der Waals surface area (Å²) in [6.07, 6.45) is -6.77. The molecule has 6 aromatic rings. The molecule has 3 N–H and O–H groups in total. The zero-order valence-corrected chi connectivity index (χ0v) is 76.7. The summed E-state index contributed by atoms with van der Waals surface area (Å²) in [7, 11) is 9.08. The van der Waals surface area contributed by atoms with Gasteiger partial charge in [-0.25, -0.2) is 43.4 Å². The molecule has 10 unspecified atom stereocenters. The third kappa shape index (κ3) is 36.6. The Kier molecular flexibility index (Phi) is 49.4. The first-order valence-electron chi connectivity index (χ1n) is 41.8. The second-order valence-corrected chi connectivity index (χ2v) is 28.8. The number of hydrogen-bond donors (Lipinski definition) is 3. The minimum absolute atomic E-state index is 0.000000786. The molecular weight excluding hydrogens is 1640 g/mol. The van der Waals surface area contributed by atoms with Crippen molar-refractivity contribution in [3.63, 3.8) is 0 Å². The molecule has 0 saturated carbocycles. The van der Waals surface area contributed by atoms with Crippen molar-refractivity contribution in [2.75, 3.05) is 109 Å². The fourth-order valence-corrected chi connectivity index (χ4v) is 11.5. The van der Waals surface area contributed by atoms with Crippen molar-refractivity contribution < 1.29 is 127 Å². The first kappa shape index (κ1) is 109. The van der Waals surface area contributed by atoms with Crippen LogP contribution in [0.4, 0.5) is 46.7 Å². The third-order valence-corrected chi connectivity index (χ3v) is 20.3. The zero-order valence-electron chi connectivity index (χ0n) is 76.7. The number of carbonyl (C=O) groups is 9. The fourth-order valence-electron chi connectivity index (χ4n) is 11.5. The van der Waals surface area contributed by atoms with Crippen LogP contribution in [0.3, 0.4) is 0 Å². The topological polar surface area (TPSA) is 341 Å². The summed E-state index contributed by atoms with van der Waals surface area (Å²) in [6, 6.07) is 43.2. The van der Waals surface area contributed by atoms with Crippen molar-refractivity contribution in [2.24, 2.45) is 0 Å². The quantitative estimate of drug-likeness (QED) is 0.0140. The van der Waals surface area contributed by atoms with Gasteiger partial charge in [-0.05, 0) is 198 Å². The molecule has 0 saturated heterocycles. The molecule has 0 bridgehead atoms. The molecule has 0 radical (unpaired) electrons. The molecule has 7 rings (SSSR count). The second kappa shape index (κ2) is 57.2. The molecule has 698 valence electrons. The number of nitrogens with one attached hydrogen (secondary N) is 3. The number of ether oxygens (including phenoxy) is 15. The molecule has 1 heterocycles. The number of hydrogen-bond acceptors (Lipinski definition) is 24. The van der Waals surface area contributed by atoms with Crippen LogP contribution in [-0.2, 0) is 52.8 Å². The molecule has 31 nitrogen and oxygen atoms in total. The lowest BCUT2D eigenvalue weighted by Gasteiger charge is -2.31. The predicted octanol–water partition coefficient (Wildman–Crippen LogP) is 18.7. The number of imide groups is 4. The maximum absolute atomic E-state index is 13.3. The van der Waals surface area contributed by atoms with Gasteiger partial charge in [0.25, 0.3) is 11.8 Å². The maximum atomic E-state index is 13.3. The van der Waals surface area contributed by atoms with Gasteiger partial charge in [0.05, 0.1) is 91.0 Å². The summed E-state index contributed by atoms with van der Waals surface area (Å²) in [5, 5.41) is 7.13. The molecule has 11 amide bonds. The molecule has 34 heteroatoms. The largest absolute Gasteiger partial charge is 0.465 e. The summed E-state index contributed by atoms with van der Waals surface area (Å²) in [5.74, 6) is 4.66. The normalized spacial score (nSPS) is 13.9. The number of fused-ring (bicyclic) bond motifs is 1. The first-order chi connectivity index (χ1) is 59.9. The van der Waals surface area contributed by atoms with E-state index < -0.39 is 85.6 Å². The van der Waals surface area contributed by atoms with E-state index in [0.717, 1.165) is 55.5 Å². The second-order valence-electron chi connectivity index (χ2n) is 28.8. The Morgan fingerprint density at radius 2 is 0.675 bits per heavy atom. The maximum Gasteiger partial charge on any atom is 0.420 e. The standard InChI is InChI=1S/C22H25NO4.C18H29N3O4.C18H27NO6.C17H24F3NO4.C17H25NO6/c1-4-15(2)17-9-11-18(12-10-17)27-16(3)26-14-13-23-21(24)19-7-5-6-8-20(19)22(23)25;1-6-13(2)15-7-9-16(10-8-15)25-14(3)24-12-11-21(17(22)19-4)18(23)20-5;1-6-13(2)15-7-9-16(10-8-15)25-14(3)24-12-11-19(17(20)22-4)18(21)23-5;1-5-16(3,17(18,19)20)13-6-8-14(9-7-13)25-12(2)23-10-11-24-15(22)21-4;1-6-12(2)14-7-9-15(10-8-14)24-13(3)23-11-18(16(19)21-4)17(20)22-5/h5-12,15-16H,4,13-14H2,1-3H3;7-10,13-14H,6,11-12H2,1-5H3,(H,19,22)(H,20,23);7-10,13-14H,6,11-12H2,1-5H3;6-9,12H,5,10-11H2,1-4H3,(H,21,22);7-10,12-13H,6,11H2,1-5H3. The summed E-state index contributed by atoms with van der Waals surface area (Å²) in [5.41, 5.74) is 4.24. The van der Waals surface area contributed by atoms with E-state index in [9.17, 15) is 56.3 Å². The van der Waals surface area contributed by atoms with Crippen LogP contribution in [0.1, 0.15) is 208 Å². The minimum Gasteiger partial charge on any atom is -0.465 e. The summed E-state index contributed by atoms with van der Waals surface area (Å²) < 4.78 is 118. The van der Waals surface area contributed by atoms with Gasteiger partial charge in [0, 0.05) is 21.1 Å². The number of alkyl halides is 3. The van der Waals surface area contributed by atoms with Gasteiger partial charge in [-0.1, -0.05) is 135 Å². The fraction of sp³-hybridized carbons (Fsp3) is 0.511. The van der Waals surface area contributed by atoms with Crippen LogP contribution in [0.2, 0.25) is 0 Å². The number of amides is 11. The SMILES string of the molecule is CCC(C)(c1ccc(OC(C)OCCOC(=O)NC)cc1)C(F)(F)F.CCC(C)c1ccc(OC(C)OCCN(C(=O)NC)C(=O)NC)cc1.CCC(C)c1ccc(OC(C)OCCN(C(=O)OC)C(=O)OC)cc1.CCC(C)c1ccc(OC(C)OCCN2C(=O)c3ccccc3C2=O)cc1.CCC(C)c1ccc(OC(C)OCN(C(=O)OC)C(=O)OC)cc1. The van der Waals surface area contributed by atoms with Crippen molar-refractivity contribution in [1.29, 1.82) is 0 Å². The van der Waals surface area contributed by atoms with Crippen LogP contribution in [0.5, 0.6) is 28.7 Å². The van der Waals surface area contributed by atoms with Crippen molar-refractivity contribution in [3.8, 4) is 28.7 Å². The average Bonchev–Trinajstić information content (AvgIpc) is 1.43. The van der Waals surface area contributed by atoms with Crippen LogP contribution >= 0.6 is 0 Å². The van der Waals surface area contributed by atoms with Crippen molar-refractivity contribution in [1.82, 2.24) is 35.6 Å². The van der Waals surface area contributed by atoms with Gasteiger partial charge in [0.15, 0.2) is 31.5 Å². The van der Waals surface area contributed by atoms with E-state index >= 15 is 0 Å². The molecule has 0 aromatic heterocycles. The smallest absolute Gasteiger partial charge is 0.420 e. The molecule has 6 aromatic carbocycles. The number of methoxy groups -OCH3 is 4. The highest BCUT2D eigenvalue weighted by molar-refractivity contribution is 6.21. The highest BCUT2D eigenvalue weighted by Crippen LogP contribution is 2.44. The van der Waals surface area contributed by atoms with Crippen molar-refractivity contribution >= 4 is 54.3 Å². The molecule has 0 aliphatic carbocycles. The Bertz CT molecular complexity index is 4050. The van der Waals surface area contributed by atoms with Crippen LogP contribution < -0.4 is 39.6 Å². The van der Waals surface area contributed by atoms with Crippen molar-refractivity contribution in [2.45, 2.75) is 203 Å². The van der Waals surface area contributed by atoms with Crippen LogP contribution in [-0.4, -0.2) is 221 Å². The van der Waals surface area contributed by atoms with Crippen LogP contribution in [0.25, 0.3) is 0 Å². The molecular formula is C92H130F3N7O24. The third-order valence-electron chi connectivity index (χ3n) is 20.3.